The van der Waals surface area contributed by atoms with Gasteiger partial charge in [0.1, 0.15) is 16.7 Å². The molecule has 1 aromatic heterocycles. The first-order valence-corrected chi connectivity index (χ1v) is 8.66. The van der Waals surface area contributed by atoms with Crippen LogP contribution in [0.2, 0.25) is 0 Å². The van der Waals surface area contributed by atoms with Crippen LogP contribution in [0, 0.1) is 13.8 Å². The maximum atomic E-state index is 12.4. The van der Waals surface area contributed by atoms with Crippen molar-refractivity contribution in [2.24, 2.45) is 0 Å². The minimum absolute atomic E-state index is 0.679. The van der Waals surface area contributed by atoms with Gasteiger partial charge in [-0.3, -0.25) is 0 Å². The van der Waals surface area contributed by atoms with Crippen LogP contribution in [0.1, 0.15) is 11.3 Å². The molecule has 2 aromatic carbocycles. The van der Waals surface area contributed by atoms with Crippen LogP contribution < -0.4 is 9.46 Å². The summed E-state index contributed by atoms with van der Waals surface area (Å²) in [6, 6.07) is 13.2. The second-order valence-corrected chi connectivity index (χ2v) is 6.71. The van der Waals surface area contributed by atoms with E-state index in [9.17, 15) is 4.21 Å². The van der Waals surface area contributed by atoms with Crippen LogP contribution in [0.25, 0.3) is 5.69 Å². The Bertz CT molecular complexity index is 872. The van der Waals surface area contributed by atoms with Gasteiger partial charge in [-0.05, 0) is 38.1 Å². The third kappa shape index (κ3) is 3.49. The van der Waals surface area contributed by atoms with E-state index in [1.807, 2.05) is 67.1 Å². The molecule has 0 saturated carbocycles. The van der Waals surface area contributed by atoms with Crippen LogP contribution in [-0.4, -0.2) is 20.9 Å². The van der Waals surface area contributed by atoms with E-state index >= 15 is 0 Å². The van der Waals surface area contributed by atoms with Crippen LogP contribution in [-0.2, 0) is 11.0 Å². The molecular weight excluding hydrogens is 322 g/mol. The van der Waals surface area contributed by atoms with Crippen molar-refractivity contribution in [3.8, 4) is 11.4 Å². The second kappa shape index (κ2) is 6.88. The summed E-state index contributed by atoms with van der Waals surface area (Å²) in [7, 11) is 0.290. The monoisotopic (exact) mass is 341 g/mol. The molecule has 0 bridgehead atoms. The lowest BCUT2D eigenvalue weighted by atomic mass is 10.2. The number of anilines is 1. The van der Waals surface area contributed by atoms with Gasteiger partial charge < -0.3 is 14.0 Å². The van der Waals surface area contributed by atoms with Crippen molar-refractivity contribution in [2.75, 3.05) is 11.8 Å². The van der Waals surface area contributed by atoms with Crippen molar-refractivity contribution >= 4 is 16.7 Å². The molecule has 1 unspecified atom stereocenters. The van der Waals surface area contributed by atoms with Gasteiger partial charge in [0.05, 0.1) is 35.4 Å². The molecule has 0 aliphatic heterocycles. The molecule has 0 saturated heterocycles. The van der Waals surface area contributed by atoms with Gasteiger partial charge in [0, 0.05) is 12.3 Å². The molecule has 1 heterocycles. The van der Waals surface area contributed by atoms with E-state index in [-0.39, 0.29) is 0 Å². The molecule has 6 heteroatoms. The quantitative estimate of drug-likeness (QED) is 0.771. The maximum Gasteiger partial charge on any atom is 0.150 e. The molecule has 5 nitrogen and oxygen atoms in total. The summed E-state index contributed by atoms with van der Waals surface area (Å²) in [5, 5.41) is 0. The Balaban J connectivity index is 1.84. The summed E-state index contributed by atoms with van der Waals surface area (Å²) < 4.78 is 22.8. The Morgan fingerprint density at radius 2 is 1.88 bits per heavy atom. The third-order valence-corrected chi connectivity index (χ3v) is 4.74. The van der Waals surface area contributed by atoms with E-state index < -0.39 is 11.0 Å². The highest BCUT2D eigenvalue weighted by atomic mass is 32.2. The number of methoxy groups -OCH3 is 1. The van der Waals surface area contributed by atoms with Gasteiger partial charge in [-0.1, -0.05) is 17.7 Å². The zero-order chi connectivity index (χ0) is 17.1. The molecule has 0 radical (unpaired) electrons. The zero-order valence-electron chi connectivity index (χ0n) is 13.8. The summed E-state index contributed by atoms with van der Waals surface area (Å²) in [5.41, 5.74) is 3.67. The van der Waals surface area contributed by atoms with Gasteiger partial charge in [-0.2, -0.15) is 0 Å². The number of nitrogens with zero attached hydrogens (tertiary/aromatic N) is 2. The van der Waals surface area contributed by atoms with Gasteiger partial charge in [-0.25, -0.2) is 9.19 Å². The Kier molecular flexibility index (Phi) is 4.66. The molecule has 24 heavy (non-hydrogen) atoms. The van der Waals surface area contributed by atoms with E-state index in [1.165, 1.54) is 0 Å². The molecule has 124 valence electrons. The largest absolute Gasteiger partial charge is 0.494 e. The minimum Gasteiger partial charge on any atom is -0.494 e. The lowest BCUT2D eigenvalue weighted by Gasteiger charge is -2.12. The first kappa shape index (κ1) is 16.3. The van der Waals surface area contributed by atoms with E-state index in [0.717, 1.165) is 27.5 Å². The SMILES string of the molecule is COc1cc(NS(=O)c2ccc(C)cc2)ccc1-n1cnc(C)c1. The van der Waals surface area contributed by atoms with Gasteiger partial charge in [0.15, 0.2) is 0 Å². The number of hydrogen-bond acceptors (Lipinski definition) is 3. The molecule has 0 aliphatic rings. The van der Waals surface area contributed by atoms with E-state index in [0.29, 0.717) is 5.75 Å². The number of aromatic nitrogens is 2. The van der Waals surface area contributed by atoms with Crippen molar-refractivity contribution in [1.82, 2.24) is 9.55 Å². The van der Waals surface area contributed by atoms with Crippen LogP contribution in [0.5, 0.6) is 5.75 Å². The molecule has 0 amide bonds. The molecule has 3 rings (SSSR count). The molecule has 0 aliphatic carbocycles. The number of benzene rings is 2. The zero-order valence-corrected chi connectivity index (χ0v) is 14.6. The Morgan fingerprint density at radius 1 is 1.12 bits per heavy atom. The average molecular weight is 341 g/mol. The fraction of sp³-hybridized carbons (Fsp3) is 0.167. The first-order valence-electron chi connectivity index (χ1n) is 7.51. The van der Waals surface area contributed by atoms with E-state index in [1.54, 1.807) is 13.4 Å². The molecule has 0 fully saturated rings. The van der Waals surface area contributed by atoms with Crippen LogP contribution in [0.3, 0.4) is 0 Å². The normalized spacial score (nSPS) is 12.0. The molecule has 1 atom stereocenters. The lowest BCUT2D eigenvalue weighted by Crippen LogP contribution is -2.05. The van der Waals surface area contributed by atoms with Gasteiger partial charge >= 0.3 is 0 Å². The molecule has 0 spiro atoms. The van der Waals surface area contributed by atoms with Gasteiger partial charge in [0.2, 0.25) is 0 Å². The Labute approximate surface area is 143 Å². The molecular formula is C18H19N3O2S. The smallest absolute Gasteiger partial charge is 0.150 e. The highest BCUT2D eigenvalue weighted by Gasteiger charge is 2.09. The lowest BCUT2D eigenvalue weighted by molar-refractivity contribution is 0.413. The van der Waals surface area contributed by atoms with Crippen LogP contribution >= 0.6 is 0 Å². The third-order valence-electron chi connectivity index (χ3n) is 3.62. The van der Waals surface area contributed by atoms with E-state index in [4.69, 9.17) is 4.74 Å². The number of imidazole rings is 1. The van der Waals surface area contributed by atoms with Gasteiger partial charge in [0.25, 0.3) is 0 Å². The second-order valence-electron chi connectivity index (χ2n) is 5.49. The fourth-order valence-corrected chi connectivity index (χ4v) is 3.18. The van der Waals surface area contributed by atoms with Crippen molar-refractivity contribution in [2.45, 2.75) is 18.7 Å². The molecule has 1 N–H and O–H groups in total. The topological polar surface area (TPSA) is 56.1 Å². The number of hydrogen-bond donors (Lipinski definition) is 1. The predicted octanol–water partition coefficient (Wildman–Crippen LogP) is 3.63. The number of rotatable bonds is 5. The molecule has 3 aromatic rings. The summed E-state index contributed by atoms with van der Waals surface area (Å²) in [5.74, 6) is 0.679. The predicted molar refractivity (Wildman–Crippen MR) is 96.1 cm³/mol. The van der Waals surface area contributed by atoms with Crippen molar-refractivity contribution in [3.05, 3.63) is 66.2 Å². The summed E-state index contributed by atoms with van der Waals surface area (Å²) >= 11 is 0. The number of nitrogens with one attached hydrogen (secondary N) is 1. The fourth-order valence-electron chi connectivity index (χ4n) is 2.34. The van der Waals surface area contributed by atoms with Gasteiger partial charge in [-0.15, -0.1) is 0 Å². The van der Waals surface area contributed by atoms with Crippen molar-refractivity contribution in [3.63, 3.8) is 0 Å². The first-order chi connectivity index (χ1) is 11.6. The van der Waals surface area contributed by atoms with Crippen molar-refractivity contribution < 1.29 is 8.95 Å². The van der Waals surface area contributed by atoms with E-state index in [2.05, 4.69) is 9.71 Å². The number of aryl methyl sites for hydroxylation is 2. The maximum absolute atomic E-state index is 12.4. The average Bonchev–Trinajstić information content (AvgIpc) is 3.01. The van der Waals surface area contributed by atoms with Crippen LogP contribution in [0.15, 0.2) is 59.9 Å². The Morgan fingerprint density at radius 3 is 2.50 bits per heavy atom. The standard InChI is InChI=1S/C18H19N3O2S/c1-13-4-7-16(8-5-13)24(22)20-15-6-9-17(18(10-15)23-3)21-11-14(2)19-12-21/h4-12,20H,1-3H3. The summed E-state index contributed by atoms with van der Waals surface area (Å²) in [4.78, 5) is 4.96. The summed E-state index contributed by atoms with van der Waals surface area (Å²) in [6.45, 7) is 3.94. The number of ether oxygens (including phenoxy) is 1. The minimum atomic E-state index is -1.32. The Hall–Kier alpha value is -2.60. The van der Waals surface area contributed by atoms with Crippen LogP contribution in [0.4, 0.5) is 5.69 Å². The van der Waals surface area contributed by atoms with Crippen molar-refractivity contribution in [1.29, 1.82) is 0 Å². The highest BCUT2D eigenvalue weighted by molar-refractivity contribution is 7.86. The summed E-state index contributed by atoms with van der Waals surface area (Å²) in [6.07, 6.45) is 3.67. The highest BCUT2D eigenvalue weighted by Crippen LogP contribution is 2.27.